The molecular weight excluding hydrogens is 414 g/mol. The molecular formula is C23H20ClN5O2. The van der Waals surface area contributed by atoms with Crippen molar-refractivity contribution in [2.45, 2.75) is 19.5 Å². The zero-order valence-corrected chi connectivity index (χ0v) is 17.4. The van der Waals surface area contributed by atoms with Gasteiger partial charge in [-0.25, -0.2) is 9.97 Å². The van der Waals surface area contributed by atoms with E-state index in [2.05, 4.69) is 9.88 Å². The van der Waals surface area contributed by atoms with Crippen molar-refractivity contribution in [2.24, 2.45) is 0 Å². The number of halogens is 1. The Morgan fingerprint density at radius 1 is 1.13 bits per heavy atom. The Balaban J connectivity index is 1.40. The van der Waals surface area contributed by atoms with Crippen LogP contribution in [-0.2, 0) is 19.5 Å². The van der Waals surface area contributed by atoms with Crippen molar-refractivity contribution in [3.8, 4) is 11.4 Å². The number of hydrogen-bond donors (Lipinski definition) is 2. The first-order chi connectivity index (χ1) is 15.0. The number of hydrogen-bond acceptors (Lipinski definition) is 7. The van der Waals surface area contributed by atoms with Gasteiger partial charge >= 0.3 is 0 Å². The lowest BCUT2D eigenvalue weighted by molar-refractivity contribution is 0.241. The summed E-state index contributed by atoms with van der Waals surface area (Å²) >= 11 is 6.05. The predicted octanol–water partition coefficient (Wildman–Crippen LogP) is 3.63. The van der Waals surface area contributed by atoms with E-state index in [1.54, 1.807) is 18.2 Å². The van der Waals surface area contributed by atoms with Crippen LogP contribution in [-0.4, -0.2) is 21.4 Å². The molecule has 2 aromatic heterocycles. The topological polar surface area (TPSA) is 111 Å². The fraction of sp³-hybridized carbons (Fsp3) is 0.174. The van der Waals surface area contributed by atoms with Crippen LogP contribution in [0.5, 0.6) is 0 Å². The van der Waals surface area contributed by atoms with Crippen LogP contribution in [0.1, 0.15) is 16.8 Å². The highest BCUT2D eigenvalue weighted by molar-refractivity contribution is 6.31. The van der Waals surface area contributed by atoms with Gasteiger partial charge in [-0.3, -0.25) is 9.69 Å². The highest BCUT2D eigenvalue weighted by atomic mass is 35.5. The summed E-state index contributed by atoms with van der Waals surface area (Å²) in [6, 6.07) is 12.5. The van der Waals surface area contributed by atoms with Gasteiger partial charge in [0.05, 0.1) is 16.6 Å². The summed E-state index contributed by atoms with van der Waals surface area (Å²) in [5.74, 6) is 0.823. The van der Waals surface area contributed by atoms with Gasteiger partial charge in [0.25, 0.3) is 0 Å². The van der Waals surface area contributed by atoms with Crippen LogP contribution in [0.15, 0.2) is 57.9 Å². The van der Waals surface area contributed by atoms with Crippen LogP contribution in [0.4, 0.5) is 11.6 Å². The Morgan fingerprint density at radius 3 is 2.74 bits per heavy atom. The molecule has 31 heavy (non-hydrogen) atoms. The second-order valence-corrected chi connectivity index (χ2v) is 8.10. The third-order valence-corrected chi connectivity index (χ3v) is 5.78. The van der Waals surface area contributed by atoms with Crippen LogP contribution in [0.2, 0.25) is 5.02 Å². The van der Waals surface area contributed by atoms with Gasteiger partial charge in [-0.2, -0.15) is 0 Å². The van der Waals surface area contributed by atoms with Crippen molar-refractivity contribution in [3.63, 3.8) is 0 Å². The van der Waals surface area contributed by atoms with Gasteiger partial charge in [0, 0.05) is 54.1 Å². The molecule has 2 aromatic carbocycles. The average molecular weight is 434 g/mol. The third kappa shape index (κ3) is 3.73. The Labute approximate surface area is 183 Å². The minimum Gasteiger partial charge on any atom is -0.440 e. The van der Waals surface area contributed by atoms with Gasteiger partial charge in [-0.15, -0.1) is 0 Å². The molecule has 0 atom stereocenters. The van der Waals surface area contributed by atoms with Crippen LogP contribution in [0.3, 0.4) is 0 Å². The number of nitrogens with two attached hydrogens (primary N) is 2. The molecule has 4 aromatic rings. The largest absolute Gasteiger partial charge is 0.440 e. The molecule has 0 saturated carbocycles. The normalized spacial score (nSPS) is 14.0. The average Bonchev–Trinajstić information content (AvgIpc) is 2.77. The lowest BCUT2D eigenvalue weighted by Gasteiger charge is -2.28. The fourth-order valence-electron chi connectivity index (χ4n) is 3.88. The van der Waals surface area contributed by atoms with E-state index < -0.39 is 0 Å². The number of fused-ring (bicyclic) bond motifs is 2. The molecule has 0 fully saturated rings. The molecule has 1 aliphatic rings. The molecule has 0 unspecified atom stereocenters. The molecule has 1 aliphatic heterocycles. The van der Waals surface area contributed by atoms with E-state index in [0.29, 0.717) is 46.2 Å². The highest BCUT2D eigenvalue weighted by Gasteiger charge is 2.22. The van der Waals surface area contributed by atoms with E-state index in [0.717, 1.165) is 29.8 Å². The lowest BCUT2D eigenvalue weighted by Crippen LogP contribution is -2.33. The van der Waals surface area contributed by atoms with E-state index in [1.807, 2.05) is 30.5 Å². The quantitative estimate of drug-likeness (QED) is 0.474. The molecule has 4 N–H and O–H groups in total. The molecule has 0 amide bonds. The number of benzene rings is 2. The Bertz CT molecular complexity index is 1350. The smallest absolute Gasteiger partial charge is 0.199 e. The van der Waals surface area contributed by atoms with Crippen molar-refractivity contribution >= 4 is 34.1 Å². The summed E-state index contributed by atoms with van der Waals surface area (Å²) in [4.78, 5) is 24.4. The van der Waals surface area contributed by atoms with Gasteiger partial charge in [0.15, 0.2) is 17.1 Å². The number of rotatable bonds is 3. The van der Waals surface area contributed by atoms with Gasteiger partial charge < -0.3 is 15.9 Å². The minimum absolute atomic E-state index is 0.139. The van der Waals surface area contributed by atoms with Crippen LogP contribution in [0.25, 0.3) is 22.4 Å². The molecule has 5 rings (SSSR count). The molecule has 0 spiro atoms. The van der Waals surface area contributed by atoms with Gasteiger partial charge in [-0.1, -0.05) is 11.6 Å². The first kappa shape index (κ1) is 19.5. The van der Waals surface area contributed by atoms with Crippen molar-refractivity contribution in [1.82, 2.24) is 14.9 Å². The molecule has 0 bridgehead atoms. The summed E-state index contributed by atoms with van der Waals surface area (Å²) in [5, 5.41) is 0.919. The van der Waals surface area contributed by atoms with Crippen LogP contribution >= 0.6 is 11.6 Å². The number of aromatic nitrogens is 2. The fourth-order valence-corrected chi connectivity index (χ4v) is 4.05. The molecule has 0 saturated heterocycles. The van der Waals surface area contributed by atoms with Crippen molar-refractivity contribution in [2.75, 3.05) is 18.0 Å². The first-order valence-electron chi connectivity index (χ1n) is 9.92. The monoisotopic (exact) mass is 433 g/mol. The van der Waals surface area contributed by atoms with E-state index in [1.165, 1.54) is 0 Å². The Morgan fingerprint density at radius 2 is 1.94 bits per heavy atom. The number of nitrogens with zero attached hydrogens (tertiary/aromatic N) is 3. The second-order valence-electron chi connectivity index (χ2n) is 7.66. The molecule has 0 aliphatic carbocycles. The second kappa shape index (κ2) is 7.68. The minimum atomic E-state index is -0.151. The first-order valence-corrected chi connectivity index (χ1v) is 10.3. The lowest BCUT2D eigenvalue weighted by atomic mass is 10.1. The van der Waals surface area contributed by atoms with Crippen LogP contribution in [0, 0.1) is 0 Å². The SMILES string of the molecule is Nc1ccc(-c2ncc3c(n2)CCN(Cc2c(N)oc4ccc(Cl)cc4c2=O)C3)cc1. The molecule has 8 heteroatoms. The molecule has 0 radical (unpaired) electrons. The summed E-state index contributed by atoms with van der Waals surface area (Å²) < 4.78 is 5.67. The van der Waals surface area contributed by atoms with Crippen molar-refractivity contribution in [3.05, 3.63) is 80.7 Å². The molecule has 3 heterocycles. The summed E-state index contributed by atoms with van der Waals surface area (Å²) in [5.41, 5.74) is 16.3. The zero-order valence-electron chi connectivity index (χ0n) is 16.6. The highest BCUT2D eigenvalue weighted by Crippen LogP contribution is 2.25. The maximum Gasteiger partial charge on any atom is 0.199 e. The van der Waals surface area contributed by atoms with Gasteiger partial charge in [0.1, 0.15) is 5.58 Å². The van der Waals surface area contributed by atoms with Gasteiger partial charge in [-0.05, 0) is 42.5 Å². The summed E-state index contributed by atoms with van der Waals surface area (Å²) in [6.07, 6.45) is 2.61. The summed E-state index contributed by atoms with van der Waals surface area (Å²) in [6.45, 7) is 1.76. The van der Waals surface area contributed by atoms with E-state index in [9.17, 15) is 4.79 Å². The van der Waals surface area contributed by atoms with Crippen LogP contribution < -0.4 is 16.9 Å². The Hall–Kier alpha value is -3.42. The number of anilines is 2. The maximum atomic E-state index is 13.0. The Kier molecular flexibility index (Phi) is 4.84. The molecule has 156 valence electrons. The maximum absolute atomic E-state index is 13.0. The zero-order chi connectivity index (χ0) is 21.5. The number of nitrogen functional groups attached to an aromatic ring is 2. The van der Waals surface area contributed by atoms with E-state index >= 15 is 0 Å². The van der Waals surface area contributed by atoms with E-state index in [4.69, 9.17) is 32.5 Å². The van der Waals surface area contributed by atoms with E-state index in [-0.39, 0.29) is 11.3 Å². The predicted molar refractivity (Wildman–Crippen MR) is 122 cm³/mol. The molecule has 7 nitrogen and oxygen atoms in total. The van der Waals surface area contributed by atoms with Crippen molar-refractivity contribution in [1.29, 1.82) is 0 Å². The third-order valence-electron chi connectivity index (χ3n) is 5.54. The summed E-state index contributed by atoms with van der Waals surface area (Å²) in [7, 11) is 0. The van der Waals surface area contributed by atoms with Gasteiger partial charge in [0.2, 0.25) is 0 Å². The standard InChI is InChI=1S/C23H20ClN5O2/c24-15-3-6-20-17(9-15)21(30)18(22(26)31-20)12-29-8-7-19-14(11-29)10-27-23(28-19)13-1-4-16(25)5-2-13/h1-6,9-10H,7-8,11-12,25-26H2. The van der Waals surface area contributed by atoms with Crippen molar-refractivity contribution < 1.29 is 4.42 Å².